The van der Waals surface area contributed by atoms with Gasteiger partial charge in [-0.05, 0) is 37.6 Å². The van der Waals surface area contributed by atoms with E-state index >= 15 is 0 Å². The number of benzene rings is 1. The lowest BCUT2D eigenvalue weighted by Gasteiger charge is -2.11. The fourth-order valence-electron chi connectivity index (χ4n) is 2.12. The zero-order valence-corrected chi connectivity index (χ0v) is 14.6. The van der Waals surface area contributed by atoms with Gasteiger partial charge in [0.15, 0.2) is 15.8 Å². The summed E-state index contributed by atoms with van der Waals surface area (Å²) in [4.78, 5) is 4.76. The first kappa shape index (κ1) is 18.1. The summed E-state index contributed by atoms with van der Waals surface area (Å²) in [6.07, 6.45) is 2.11. The van der Waals surface area contributed by atoms with Crippen LogP contribution in [0.1, 0.15) is 19.1 Å². The smallest absolute Gasteiger partial charge is 0.191 e. The highest BCUT2D eigenvalue weighted by Gasteiger charge is 2.13. The first-order chi connectivity index (χ1) is 11.6. The second kappa shape index (κ2) is 9.12. The van der Waals surface area contributed by atoms with Gasteiger partial charge in [-0.1, -0.05) is 18.2 Å². The molecule has 2 rings (SSSR count). The molecule has 0 radical (unpaired) electrons. The van der Waals surface area contributed by atoms with Crippen LogP contribution in [0.3, 0.4) is 0 Å². The van der Waals surface area contributed by atoms with Crippen LogP contribution < -0.4 is 10.6 Å². The second-order valence-electron chi connectivity index (χ2n) is 5.19. The molecule has 0 saturated carbocycles. The third kappa shape index (κ3) is 5.73. The highest BCUT2D eigenvalue weighted by atomic mass is 32.2. The monoisotopic (exact) mass is 349 g/mol. The van der Waals surface area contributed by atoms with Crippen molar-refractivity contribution >= 4 is 15.8 Å². The quantitative estimate of drug-likeness (QED) is 0.434. The Labute approximate surface area is 142 Å². The standard InChI is InChI=1S/C17H23N3O3S/c1-2-18-17(20-14-15-8-6-12-23-15)19-11-7-13-24(21,22)16-9-4-3-5-10-16/h3-6,8-10,12H,2,7,11,13-14H2,1H3,(H2,18,19,20). The number of furan rings is 1. The number of hydrogen-bond acceptors (Lipinski definition) is 4. The van der Waals surface area contributed by atoms with Crippen molar-refractivity contribution in [1.82, 2.24) is 10.6 Å². The summed E-state index contributed by atoms with van der Waals surface area (Å²) in [6.45, 7) is 3.66. The molecule has 0 spiro atoms. The number of rotatable bonds is 8. The Hall–Kier alpha value is -2.28. The van der Waals surface area contributed by atoms with Gasteiger partial charge in [-0.3, -0.25) is 0 Å². The first-order valence-electron chi connectivity index (χ1n) is 7.94. The number of guanidine groups is 1. The molecule has 0 unspecified atom stereocenters. The van der Waals surface area contributed by atoms with Crippen LogP contribution in [0.5, 0.6) is 0 Å². The minimum atomic E-state index is -3.23. The third-order valence-corrected chi connectivity index (χ3v) is 5.12. The van der Waals surface area contributed by atoms with Crippen molar-refractivity contribution in [3.05, 3.63) is 54.5 Å². The van der Waals surface area contributed by atoms with E-state index in [-0.39, 0.29) is 5.75 Å². The van der Waals surface area contributed by atoms with Gasteiger partial charge < -0.3 is 15.1 Å². The van der Waals surface area contributed by atoms with Crippen molar-refractivity contribution in [2.24, 2.45) is 4.99 Å². The molecular weight excluding hydrogens is 326 g/mol. The van der Waals surface area contributed by atoms with E-state index in [4.69, 9.17) is 4.42 Å². The van der Waals surface area contributed by atoms with E-state index in [0.29, 0.717) is 30.4 Å². The summed E-state index contributed by atoms with van der Waals surface area (Å²) in [5, 5.41) is 6.26. The van der Waals surface area contributed by atoms with Crippen molar-refractivity contribution in [2.45, 2.75) is 24.8 Å². The molecule has 0 fully saturated rings. The topological polar surface area (TPSA) is 83.7 Å². The third-order valence-electron chi connectivity index (χ3n) is 3.30. The molecule has 0 aliphatic rings. The summed E-state index contributed by atoms with van der Waals surface area (Å²) in [5.41, 5.74) is 0. The summed E-state index contributed by atoms with van der Waals surface area (Å²) >= 11 is 0. The molecule has 2 N–H and O–H groups in total. The Morgan fingerprint density at radius 3 is 2.58 bits per heavy atom. The van der Waals surface area contributed by atoms with E-state index < -0.39 is 9.84 Å². The zero-order chi connectivity index (χ0) is 17.3. The minimum absolute atomic E-state index is 0.0988. The summed E-state index contributed by atoms with van der Waals surface area (Å²) in [7, 11) is -3.23. The normalized spacial score (nSPS) is 12.1. The molecule has 6 nitrogen and oxygen atoms in total. The number of aliphatic imine (C=N–C) groups is 1. The van der Waals surface area contributed by atoms with Crippen LogP contribution >= 0.6 is 0 Å². The van der Waals surface area contributed by atoms with E-state index in [2.05, 4.69) is 15.6 Å². The highest BCUT2D eigenvalue weighted by molar-refractivity contribution is 7.91. The van der Waals surface area contributed by atoms with Gasteiger partial charge in [0.05, 0.1) is 16.9 Å². The maximum absolute atomic E-state index is 12.2. The SMILES string of the molecule is CCNC(=NCc1ccco1)NCCCS(=O)(=O)c1ccccc1. The van der Waals surface area contributed by atoms with Crippen LogP contribution in [0.15, 0.2) is 63.0 Å². The van der Waals surface area contributed by atoms with Crippen LogP contribution in [0.4, 0.5) is 0 Å². The second-order valence-corrected chi connectivity index (χ2v) is 7.30. The molecule has 0 saturated heterocycles. The Bertz CT molecular complexity index is 726. The Balaban J connectivity index is 1.81. The van der Waals surface area contributed by atoms with Crippen LogP contribution in [-0.2, 0) is 16.4 Å². The van der Waals surface area contributed by atoms with Crippen LogP contribution in [-0.4, -0.2) is 33.2 Å². The first-order valence-corrected chi connectivity index (χ1v) is 9.59. The summed E-state index contributed by atoms with van der Waals surface area (Å²) in [6, 6.07) is 12.2. The van der Waals surface area contributed by atoms with E-state index in [1.54, 1.807) is 36.6 Å². The number of sulfone groups is 1. The lowest BCUT2D eigenvalue weighted by Crippen LogP contribution is -2.38. The largest absolute Gasteiger partial charge is 0.467 e. The maximum atomic E-state index is 12.2. The lowest BCUT2D eigenvalue weighted by atomic mass is 10.4. The molecule has 130 valence electrons. The van der Waals surface area contributed by atoms with Gasteiger partial charge in [-0.2, -0.15) is 0 Å². The molecule has 1 aromatic carbocycles. The number of hydrogen-bond donors (Lipinski definition) is 2. The lowest BCUT2D eigenvalue weighted by molar-refractivity contribution is 0.512. The van der Waals surface area contributed by atoms with Gasteiger partial charge in [-0.15, -0.1) is 0 Å². The highest BCUT2D eigenvalue weighted by Crippen LogP contribution is 2.10. The average molecular weight is 349 g/mol. The van der Waals surface area contributed by atoms with Gasteiger partial charge in [0, 0.05) is 13.1 Å². The Morgan fingerprint density at radius 1 is 1.12 bits per heavy atom. The van der Waals surface area contributed by atoms with Gasteiger partial charge >= 0.3 is 0 Å². The fourth-order valence-corrected chi connectivity index (χ4v) is 3.45. The Kier molecular flexibility index (Phi) is 6.87. The van der Waals surface area contributed by atoms with Crippen LogP contribution in [0.25, 0.3) is 0 Å². The molecule has 0 amide bonds. The molecule has 24 heavy (non-hydrogen) atoms. The maximum Gasteiger partial charge on any atom is 0.191 e. The van der Waals surface area contributed by atoms with Gasteiger partial charge in [0.1, 0.15) is 12.3 Å². The van der Waals surface area contributed by atoms with Crippen molar-refractivity contribution in [1.29, 1.82) is 0 Å². The molecule has 1 aromatic heterocycles. The average Bonchev–Trinajstić information content (AvgIpc) is 3.11. The van der Waals surface area contributed by atoms with Crippen LogP contribution in [0, 0.1) is 0 Å². The van der Waals surface area contributed by atoms with Crippen LogP contribution in [0.2, 0.25) is 0 Å². The molecule has 7 heteroatoms. The number of nitrogens with one attached hydrogen (secondary N) is 2. The minimum Gasteiger partial charge on any atom is -0.467 e. The van der Waals surface area contributed by atoms with Crippen molar-refractivity contribution in [2.75, 3.05) is 18.8 Å². The van der Waals surface area contributed by atoms with Crippen molar-refractivity contribution < 1.29 is 12.8 Å². The predicted octanol–water partition coefficient (Wildman–Crippen LogP) is 2.20. The Morgan fingerprint density at radius 2 is 1.92 bits per heavy atom. The van der Waals surface area contributed by atoms with Crippen molar-refractivity contribution in [3.63, 3.8) is 0 Å². The zero-order valence-electron chi connectivity index (χ0n) is 13.7. The van der Waals surface area contributed by atoms with E-state index in [1.165, 1.54) is 0 Å². The molecule has 0 atom stereocenters. The van der Waals surface area contributed by atoms with Crippen molar-refractivity contribution in [3.8, 4) is 0 Å². The van der Waals surface area contributed by atoms with Gasteiger partial charge in [0.2, 0.25) is 0 Å². The fraction of sp³-hybridized carbons (Fsp3) is 0.353. The molecule has 0 bridgehead atoms. The summed E-state index contributed by atoms with van der Waals surface area (Å²) in [5.74, 6) is 1.52. The molecule has 2 aromatic rings. The summed E-state index contributed by atoms with van der Waals surface area (Å²) < 4.78 is 29.6. The predicted molar refractivity (Wildman–Crippen MR) is 94.6 cm³/mol. The van der Waals surface area contributed by atoms with E-state index in [0.717, 1.165) is 12.3 Å². The van der Waals surface area contributed by atoms with E-state index in [1.807, 2.05) is 19.1 Å². The van der Waals surface area contributed by atoms with Gasteiger partial charge in [0.25, 0.3) is 0 Å². The number of nitrogens with zero attached hydrogens (tertiary/aromatic N) is 1. The molecular formula is C17H23N3O3S. The molecule has 0 aliphatic carbocycles. The molecule has 1 heterocycles. The molecule has 0 aliphatic heterocycles. The van der Waals surface area contributed by atoms with E-state index in [9.17, 15) is 8.42 Å². The van der Waals surface area contributed by atoms with Gasteiger partial charge in [-0.25, -0.2) is 13.4 Å².